The predicted molar refractivity (Wildman–Crippen MR) is 96.2 cm³/mol. The summed E-state index contributed by atoms with van der Waals surface area (Å²) in [6.45, 7) is 2.32. The summed E-state index contributed by atoms with van der Waals surface area (Å²) in [5, 5.41) is 8.90. The molecule has 0 unspecified atom stereocenters. The quantitative estimate of drug-likeness (QED) is 0.530. The molecule has 5 nitrogen and oxygen atoms in total. The van der Waals surface area contributed by atoms with Gasteiger partial charge in [-0.05, 0) is 49.2 Å². The Morgan fingerprint density at radius 1 is 0.917 bits per heavy atom. The second-order valence-electron chi connectivity index (χ2n) is 6.32. The summed E-state index contributed by atoms with van der Waals surface area (Å²) in [6.07, 6.45) is 2.58. The number of para-hydroxylation sites is 2. The lowest BCUT2D eigenvalue weighted by atomic mass is 10.2. The highest BCUT2D eigenvalue weighted by molar-refractivity contribution is 5.73. The molecule has 24 heavy (non-hydrogen) atoms. The monoisotopic (exact) mass is 320 g/mol. The third-order valence-electron chi connectivity index (χ3n) is 4.78. The second-order valence-corrected chi connectivity index (χ2v) is 6.32. The first kappa shape index (κ1) is 14.9. The van der Waals surface area contributed by atoms with Gasteiger partial charge in [-0.1, -0.05) is 17.2 Å². The number of benzene rings is 2. The summed E-state index contributed by atoms with van der Waals surface area (Å²) < 4.78 is 4.13. The molecule has 2 heterocycles. The fourth-order valence-corrected chi connectivity index (χ4v) is 3.41. The Morgan fingerprint density at radius 3 is 2.33 bits per heavy atom. The SMILES string of the molecule is Cn1c(N=Nc2ccc(N3CCCC3)cc2)[n+](C)c2ccccc21. The van der Waals surface area contributed by atoms with E-state index in [0.717, 1.165) is 35.8 Å². The van der Waals surface area contributed by atoms with Gasteiger partial charge >= 0.3 is 5.95 Å². The van der Waals surface area contributed by atoms with Gasteiger partial charge in [0.25, 0.3) is 0 Å². The van der Waals surface area contributed by atoms with Crippen molar-refractivity contribution in [1.82, 2.24) is 4.57 Å². The van der Waals surface area contributed by atoms with E-state index in [1.165, 1.54) is 18.5 Å². The fraction of sp³-hybridized carbons (Fsp3) is 0.316. The first-order chi connectivity index (χ1) is 11.7. The van der Waals surface area contributed by atoms with Crippen LogP contribution in [0.2, 0.25) is 0 Å². The topological polar surface area (TPSA) is 36.8 Å². The minimum absolute atomic E-state index is 0.833. The van der Waals surface area contributed by atoms with Crippen LogP contribution in [0.1, 0.15) is 12.8 Å². The van der Waals surface area contributed by atoms with Crippen LogP contribution in [0.4, 0.5) is 17.3 Å². The maximum atomic E-state index is 4.48. The molecule has 1 fully saturated rings. The van der Waals surface area contributed by atoms with E-state index in [0.29, 0.717) is 0 Å². The van der Waals surface area contributed by atoms with Crippen LogP contribution in [0.25, 0.3) is 11.0 Å². The largest absolute Gasteiger partial charge is 0.422 e. The number of imidazole rings is 1. The lowest BCUT2D eigenvalue weighted by Gasteiger charge is -2.16. The van der Waals surface area contributed by atoms with Crippen LogP contribution in [-0.2, 0) is 14.1 Å². The number of hydrogen-bond acceptors (Lipinski definition) is 3. The summed E-state index contributed by atoms with van der Waals surface area (Å²) in [7, 11) is 4.04. The molecular weight excluding hydrogens is 298 g/mol. The fourth-order valence-electron chi connectivity index (χ4n) is 3.41. The Labute approximate surface area is 141 Å². The molecule has 0 amide bonds. The van der Waals surface area contributed by atoms with Gasteiger partial charge < -0.3 is 4.90 Å². The third kappa shape index (κ3) is 2.56. The second kappa shape index (κ2) is 6.07. The van der Waals surface area contributed by atoms with Crippen LogP contribution >= 0.6 is 0 Å². The number of anilines is 1. The number of aromatic nitrogens is 2. The first-order valence-electron chi connectivity index (χ1n) is 8.44. The molecule has 1 saturated heterocycles. The summed E-state index contributed by atoms with van der Waals surface area (Å²) in [6, 6.07) is 16.6. The zero-order valence-electron chi connectivity index (χ0n) is 14.2. The van der Waals surface area contributed by atoms with Gasteiger partial charge in [0.05, 0.1) is 14.1 Å². The normalized spacial score (nSPS) is 15.0. The molecule has 0 radical (unpaired) electrons. The maximum Gasteiger partial charge on any atom is 0.422 e. The molecule has 0 bridgehead atoms. The molecular formula is C19H22N5+. The highest BCUT2D eigenvalue weighted by Gasteiger charge is 2.19. The lowest BCUT2D eigenvalue weighted by molar-refractivity contribution is -0.632. The zero-order valence-corrected chi connectivity index (χ0v) is 14.2. The highest BCUT2D eigenvalue weighted by atomic mass is 15.3. The average Bonchev–Trinajstić information content (AvgIpc) is 3.23. The summed E-state index contributed by atoms with van der Waals surface area (Å²) in [5.41, 5.74) is 4.46. The van der Waals surface area contributed by atoms with Crippen molar-refractivity contribution in [2.75, 3.05) is 18.0 Å². The molecule has 3 aromatic rings. The summed E-state index contributed by atoms with van der Waals surface area (Å²) >= 11 is 0. The number of nitrogens with zero attached hydrogens (tertiary/aromatic N) is 5. The minimum atomic E-state index is 0.833. The number of rotatable bonds is 3. The van der Waals surface area contributed by atoms with E-state index >= 15 is 0 Å². The van der Waals surface area contributed by atoms with Crippen molar-refractivity contribution < 1.29 is 4.57 Å². The third-order valence-corrected chi connectivity index (χ3v) is 4.78. The van der Waals surface area contributed by atoms with Crippen molar-refractivity contribution in [2.45, 2.75) is 12.8 Å². The van der Waals surface area contributed by atoms with E-state index in [9.17, 15) is 0 Å². The highest BCUT2D eigenvalue weighted by Crippen LogP contribution is 2.25. The van der Waals surface area contributed by atoms with E-state index in [-0.39, 0.29) is 0 Å². The molecule has 0 aliphatic carbocycles. The smallest absolute Gasteiger partial charge is 0.372 e. The Morgan fingerprint density at radius 2 is 1.62 bits per heavy atom. The van der Waals surface area contributed by atoms with Crippen molar-refractivity contribution >= 4 is 28.4 Å². The predicted octanol–water partition coefficient (Wildman–Crippen LogP) is 4.02. The molecule has 1 aliphatic heterocycles. The van der Waals surface area contributed by atoms with Gasteiger partial charge in [0.15, 0.2) is 0 Å². The van der Waals surface area contributed by atoms with Gasteiger partial charge in [-0.25, -0.2) is 9.13 Å². The lowest BCUT2D eigenvalue weighted by Crippen LogP contribution is -2.26. The molecule has 1 aliphatic rings. The van der Waals surface area contributed by atoms with Gasteiger partial charge in [-0.3, -0.25) is 0 Å². The van der Waals surface area contributed by atoms with E-state index in [1.54, 1.807) is 0 Å². The van der Waals surface area contributed by atoms with E-state index < -0.39 is 0 Å². The molecule has 2 aromatic carbocycles. The van der Waals surface area contributed by atoms with Crippen molar-refractivity contribution in [3.05, 3.63) is 48.5 Å². The van der Waals surface area contributed by atoms with E-state index in [4.69, 9.17) is 0 Å². The number of fused-ring (bicyclic) bond motifs is 1. The Kier molecular flexibility index (Phi) is 3.76. The van der Waals surface area contributed by atoms with Crippen LogP contribution in [0.3, 0.4) is 0 Å². The van der Waals surface area contributed by atoms with Crippen LogP contribution in [-0.4, -0.2) is 17.7 Å². The first-order valence-corrected chi connectivity index (χ1v) is 8.44. The van der Waals surface area contributed by atoms with Gasteiger partial charge in [0.1, 0.15) is 16.7 Å². The number of azo groups is 1. The minimum Gasteiger partial charge on any atom is -0.372 e. The van der Waals surface area contributed by atoms with Gasteiger partial charge in [-0.2, -0.15) is 0 Å². The Balaban J connectivity index is 1.61. The van der Waals surface area contributed by atoms with Crippen molar-refractivity contribution in [3.8, 4) is 0 Å². The van der Waals surface area contributed by atoms with Gasteiger partial charge in [0.2, 0.25) is 0 Å². The molecule has 5 heteroatoms. The molecule has 0 spiro atoms. The molecule has 1 aromatic heterocycles. The van der Waals surface area contributed by atoms with Crippen LogP contribution in [0.5, 0.6) is 0 Å². The van der Waals surface area contributed by atoms with Crippen LogP contribution < -0.4 is 9.47 Å². The summed E-state index contributed by atoms with van der Waals surface area (Å²) in [5.74, 6) is 0.833. The maximum absolute atomic E-state index is 4.48. The molecule has 4 rings (SSSR count). The zero-order chi connectivity index (χ0) is 16.5. The van der Waals surface area contributed by atoms with Crippen molar-refractivity contribution in [2.24, 2.45) is 24.3 Å². The molecule has 0 saturated carbocycles. The average molecular weight is 320 g/mol. The van der Waals surface area contributed by atoms with Crippen LogP contribution in [0, 0.1) is 0 Å². The molecule has 0 atom stereocenters. The molecule has 0 N–H and O–H groups in total. The van der Waals surface area contributed by atoms with E-state index in [2.05, 4.69) is 48.5 Å². The molecule has 122 valence electrons. The Hall–Kier alpha value is -2.69. The van der Waals surface area contributed by atoms with Crippen LogP contribution in [0.15, 0.2) is 58.8 Å². The van der Waals surface area contributed by atoms with Crippen molar-refractivity contribution in [1.29, 1.82) is 0 Å². The van der Waals surface area contributed by atoms with Gasteiger partial charge in [-0.15, -0.1) is 0 Å². The number of hydrogen-bond donors (Lipinski definition) is 0. The standard InChI is InChI=1S/C19H22N5/c1-22-17-7-3-4-8-18(17)23(2)19(22)21-20-15-9-11-16(12-10-15)24-13-5-6-14-24/h3-4,7-12H,5-6,13-14H2,1-2H3/q+1. The van der Waals surface area contributed by atoms with Crippen molar-refractivity contribution in [3.63, 3.8) is 0 Å². The van der Waals surface area contributed by atoms with E-state index in [1.807, 2.05) is 38.4 Å². The van der Waals surface area contributed by atoms with Gasteiger partial charge in [0, 0.05) is 23.9 Å². The number of aryl methyl sites for hydroxylation is 2. The summed E-state index contributed by atoms with van der Waals surface area (Å²) in [4.78, 5) is 2.42. The Bertz CT molecular complexity index is 847.